The normalized spacial score (nSPS) is 27.0. The Kier molecular flexibility index (Phi) is 6.47. The fourth-order valence-corrected chi connectivity index (χ4v) is 4.51. The van der Waals surface area contributed by atoms with Crippen molar-refractivity contribution in [3.05, 3.63) is 0 Å². The summed E-state index contributed by atoms with van der Waals surface area (Å²) in [5.74, 6) is 1.33. The molecule has 2 fully saturated rings. The maximum absolute atomic E-state index is 11.7. The summed E-state index contributed by atoms with van der Waals surface area (Å²) in [6.07, 6.45) is 6.06. The lowest BCUT2D eigenvalue weighted by molar-refractivity contribution is 0.135. The van der Waals surface area contributed by atoms with E-state index in [0.717, 1.165) is 38.5 Å². The van der Waals surface area contributed by atoms with Gasteiger partial charge in [-0.1, -0.05) is 6.92 Å². The minimum absolute atomic E-state index is 0.513. The Morgan fingerprint density at radius 1 is 1.10 bits per heavy atom. The van der Waals surface area contributed by atoms with Crippen LogP contribution in [0.15, 0.2) is 0 Å². The lowest BCUT2D eigenvalue weighted by Crippen LogP contribution is -2.45. The van der Waals surface area contributed by atoms with Crippen molar-refractivity contribution in [2.45, 2.75) is 32.6 Å². The minimum atomic E-state index is -3.01. The number of likely N-dealkylation sites (tertiary alicyclic amines) is 1. The third kappa shape index (κ3) is 5.51. The summed E-state index contributed by atoms with van der Waals surface area (Å²) in [5.41, 5.74) is 0. The molecule has 0 bridgehead atoms. The van der Waals surface area contributed by atoms with Crippen LogP contribution in [0.2, 0.25) is 0 Å². The molecule has 21 heavy (non-hydrogen) atoms. The van der Waals surface area contributed by atoms with E-state index in [2.05, 4.69) is 17.1 Å². The number of nitrogens with zero attached hydrogens (tertiary/aromatic N) is 2. The van der Waals surface area contributed by atoms with Gasteiger partial charge >= 0.3 is 0 Å². The fourth-order valence-electron chi connectivity index (χ4n) is 3.56. The highest BCUT2D eigenvalue weighted by molar-refractivity contribution is 7.88. The summed E-state index contributed by atoms with van der Waals surface area (Å²) in [7, 11) is -3.01. The fraction of sp³-hybridized carbons (Fsp3) is 1.00. The highest BCUT2D eigenvalue weighted by Gasteiger charge is 2.28. The molecule has 0 aromatic rings. The maximum atomic E-state index is 11.7. The van der Waals surface area contributed by atoms with E-state index in [4.69, 9.17) is 0 Å². The van der Waals surface area contributed by atoms with Gasteiger partial charge in [0.05, 0.1) is 6.26 Å². The van der Waals surface area contributed by atoms with Crippen molar-refractivity contribution in [2.75, 3.05) is 52.1 Å². The zero-order chi connectivity index (χ0) is 15.3. The molecule has 2 heterocycles. The molecule has 2 aliphatic heterocycles. The van der Waals surface area contributed by atoms with Gasteiger partial charge in [0, 0.05) is 19.6 Å². The molecule has 0 aromatic heterocycles. The van der Waals surface area contributed by atoms with Crippen LogP contribution in [0.25, 0.3) is 0 Å². The second-order valence-corrected chi connectivity index (χ2v) is 8.66. The van der Waals surface area contributed by atoms with Crippen LogP contribution in [0.5, 0.6) is 0 Å². The van der Waals surface area contributed by atoms with Crippen LogP contribution in [0.1, 0.15) is 32.6 Å². The van der Waals surface area contributed by atoms with Gasteiger partial charge in [-0.3, -0.25) is 0 Å². The first kappa shape index (κ1) is 17.2. The number of piperidine rings is 2. The summed E-state index contributed by atoms with van der Waals surface area (Å²) in [5, 5.41) is 3.44. The Labute approximate surface area is 130 Å². The van der Waals surface area contributed by atoms with Crippen molar-refractivity contribution < 1.29 is 8.42 Å². The molecule has 1 N–H and O–H groups in total. The van der Waals surface area contributed by atoms with Gasteiger partial charge in [0.25, 0.3) is 0 Å². The van der Waals surface area contributed by atoms with E-state index in [0.29, 0.717) is 12.5 Å². The van der Waals surface area contributed by atoms with Gasteiger partial charge in [0.15, 0.2) is 0 Å². The molecule has 1 atom stereocenters. The third-order valence-corrected chi connectivity index (χ3v) is 6.13. The van der Waals surface area contributed by atoms with Crippen LogP contribution in [0, 0.1) is 11.8 Å². The molecule has 0 amide bonds. The minimum Gasteiger partial charge on any atom is -0.317 e. The number of rotatable bonds is 6. The number of sulfonamides is 1. The number of hydrogen-bond donors (Lipinski definition) is 1. The van der Waals surface area contributed by atoms with Gasteiger partial charge < -0.3 is 10.2 Å². The van der Waals surface area contributed by atoms with Gasteiger partial charge in [0.1, 0.15) is 0 Å². The Bertz CT molecular complexity index is 405. The first-order valence-electron chi connectivity index (χ1n) is 8.37. The molecular formula is C15H31N3O2S. The van der Waals surface area contributed by atoms with Crippen molar-refractivity contribution in [1.82, 2.24) is 14.5 Å². The van der Waals surface area contributed by atoms with Gasteiger partial charge in [-0.15, -0.1) is 0 Å². The molecule has 1 unspecified atom stereocenters. The molecule has 0 radical (unpaired) electrons. The molecule has 0 spiro atoms. The highest BCUT2D eigenvalue weighted by atomic mass is 32.2. The highest BCUT2D eigenvalue weighted by Crippen LogP contribution is 2.22. The van der Waals surface area contributed by atoms with Gasteiger partial charge in [-0.05, 0) is 63.7 Å². The van der Waals surface area contributed by atoms with Crippen LogP contribution in [0.3, 0.4) is 0 Å². The van der Waals surface area contributed by atoms with E-state index in [1.165, 1.54) is 38.6 Å². The molecule has 0 aromatic carbocycles. The Balaban J connectivity index is 1.73. The first-order valence-corrected chi connectivity index (χ1v) is 10.2. The molecular weight excluding hydrogens is 286 g/mol. The van der Waals surface area contributed by atoms with Crippen molar-refractivity contribution >= 4 is 10.0 Å². The third-order valence-electron chi connectivity index (χ3n) is 4.86. The summed E-state index contributed by atoms with van der Waals surface area (Å²) in [4.78, 5) is 2.54. The smallest absolute Gasteiger partial charge is 0.211 e. The second-order valence-electron chi connectivity index (χ2n) is 6.68. The van der Waals surface area contributed by atoms with Crippen LogP contribution in [0.4, 0.5) is 0 Å². The zero-order valence-electron chi connectivity index (χ0n) is 13.6. The molecule has 2 rings (SSSR count). The topological polar surface area (TPSA) is 52.6 Å². The van der Waals surface area contributed by atoms with Crippen molar-refractivity contribution in [3.8, 4) is 0 Å². The lowest BCUT2D eigenvalue weighted by Gasteiger charge is -2.37. The van der Waals surface area contributed by atoms with Gasteiger partial charge in [-0.2, -0.15) is 0 Å². The molecule has 0 aliphatic carbocycles. The summed E-state index contributed by atoms with van der Waals surface area (Å²) < 4.78 is 25.0. The number of hydrogen-bond acceptors (Lipinski definition) is 4. The van der Waals surface area contributed by atoms with Crippen LogP contribution in [-0.4, -0.2) is 69.7 Å². The van der Waals surface area contributed by atoms with E-state index in [-0.39, 0.29) is 0 Å². The quantitative estimate of drug-likeness (QED) is 0.793. The SMILES string of the molecule is CCNCC1CCN(CC2CCCN(S(C)(=O)=O)C2)CC1. The van der Waals surface area contributed by atoms with Crippen molar-refractivity contribution in [3.63, 3.8) is 0 Å². The average molecular weight is 317 g/mol. The Morgan fingerprint density at radius 2 is 1.81 bits per heavy atom. The standard InChI is InChI=1S/C15H31N3O2S/c1-3-16-11-14-6-9-17(10-7-14)12-15-5-4-8-18(13-15)21(2,19)20/h14-16H,3-13H2,1-2H3. The summed E-state index contributed by atoms with van der Waals surface area (Å²) in [6, 6.07) is 0. The predicted octanol–water partition coefficient (Wildman–Crippen LogP) is 0.980. The van der Waals surface area contributed by atoms with Crippen LogP contribution in [-0.2, 0) is 10.0 Å². The largest absolute Gasteiger partial charge is 0.317 e. The number of nitrogens with one attached hydrogen (secondary N) is 1. The van der Waals surface area contributed by atoms with E-state index in [9.17, 15) is 8.42 Å². The van der Waals surface area contributed by atoms with E-state index < -0.39 is 10.0 Å². The Hall–Kier alpha value is -0.170. The molecule has 124 valence electrons. The monoisotopic (exact) mass is 317 g/mol. The van der Waals surface area contributed by atoms with E-state index >= 15 is 0 Å². The Morgan fingerprint density at radius 3 is 2.43 bits per heavy atom. The van der Waals surface area contributed by atoms with Crippen LogP contribution < -0.4 is 5.32 Å². The second kappa shape index (κ2) is 7.90. The average Bonchev–Trinajstić information content (AvgIpc) is 2.46. The predicted molar refractivity (Wildman–Crippen MR) is 86.8 cm³/mol. The van der Waals surface area contributed by atoms with E-state index in [1.807, 2.05) is 0 Å². The maximum Gasteiger partial charge on any atom is 0.211 e. The molecule has 2 saturated heterocycles. The summed E-state index contributed by atoms with van der Waals surface area (Å²) >= 11 is 0. The van der Waals surface area contributed by atoms with Crippen LogP contribution >= 0.6 is 0 Å². The molecule has 6 heteroatoms. The molecule has 0 saturated carbocycles. The van der Waals surface area contributed by atoms with Gasteiger partial charge in [-0.25, -0.2) is 12.7 Å². The molecule has 5 nitrogen and oxygen atoms in total. The van der Waals surface area contributed by atoms with Crippen molar-refractivity contribution in [2.24, 2.45) is 11.8 Å². The van der Waals surface area contributed by atoms with Gasteiger partial charge in [0.2, 0.25) is 10.0 Å². The molecule has 2 aliphatic rings. The lowest BCUT2D eigenvalue weighted by atomic mass is 9.94. The first-order chi connectivity index (χ1) is 9.99. The van der Waals surface area contributed by atoms with Crippen molar-refractivity contribution in [1.29, 1.82) is 0 Å². The zero-order valence-corrected chi connectivity index (χ0v) is 14.4. The summed E-state index contributed by atoms with van der Waals surface area (Å²) in [6.45, 7) is 9.21. The van der Waals surface area contributed by atoms with E-state index in [1.54, 1.807) is 4.31 Å².